The van der Waals surface area contributed by atoms with Gasteiger partial charge in [-0.2, -0.15) is 0 Å². The van der Waals surface area contributed by atoms with Gasteiger partial charge in [0, 0.05) is 29.5 Å². The van der Waals surface area contributed by atoms with Crippen molar-refractivity contribution in [2.24, 2.45) is 0 Å². The molecule has 176 valence electrons. The molecule has 1 aromatic heterocycles. The quantitative estimate of drug-likeness (QED) is 0.316. The Morgan fingerprint density at radius 3 is 2.60 bits per heavy atom. The van der Waals surface area contributed by atoms with Crippen molar-refractivity contribution in [2.75, 3.05) is 5.32 Å². The molecule has 1 N–H and O–H groups in total. The highest BCUT2D eigenvalue weighted by Crippen LogP contribution is 2.31. The Balaban J connectivity index is 1.27. The number of aromatic nitrogens is 1. The maximum atomic E-state index is 12.9. The Bertz CT molecular complexity index is 1360. The van der Waals surface area contributed by atoms with Crippen molar-refractivity contribution in [3.63, 3.8) is 0 Å². The van der Waals surface area contributed by atoms with Crippen LogP contribution in [0.25, 0.3) is 0 Å². The second-order valence-electron chi connectivity index (χ2n) is 9.04. The van der Waals surface area contributed by atoms with E-state index in [1.807, 2.05) is 36.5 Å². The molecule has 0 saturated heterocycles. The molecule has 1 atom stereocenters. The highest BCUT2D eigenvalue weighted by atomic mass is 32.1. The van der Waals surface area contributed by atoms with Gasteiger partial charge in [-0.3, -0.25) is 10.1 Å². The maximum absolute atomic E-state index is 12.9. The number of rotatable bonds is 6. The van der Waals surface area contributed by atoms with Gasteiger partial charge in [-0.05, 0) is 46.4 Å². The topological polar surface area (TPSA) is 68.3 Å². The Morgan fingerprint density at radius 2 is 1.86 bits per heavy atom. The summed E-state index contributed by atoms with van der Waals surface area (Å²) in [6, 6.07) is 23.4. The molecule has 0 saturated carbocycles. The monoisotopic (exact) mass is 482 g/mol. The number of esters is 1. The summed E-state index contributed by atoms with van der Waals surface area (Å²) in [7, 11) is 0. The first-order valence-corrected chi connectivity index (χ1v) is 12.5. The van der Waals surface area contributed by atoms with Crippen LogP contribution < -0.4 is 5.32 Å². The lowest BCUT2D eigenvalue weighted by Gasteiger charge is -2.25. The lowest BCUT2D eigenvalue weighted by atomic mass is 9.93. The number of ether oxygens (including phenoxy) is 1. The van der Waals surface area contributed by atoms with Crippen LogP contribution in [-0.4, -0.2) is 16.9 Å². The molecule has 1 aliphatic rings. The molecule has 5 rings (SSSR count). The third-order valence-electron chi connectivity index (χ3n) is 6.21. The average Bonchev–Trinajstić information content (AvgIpc) is 3.31. The molecule has 5 nitrogen and oxygen atoms in total. The second kappa shape index (κ2) is 9.84. The summed E-state index contributed by atoms with van der Waals surface area (Å²) in [6.07, 6.45) is 2.76. The van der Waals surface area contributed by atoms with Crippen molar-refractivity contribution < 1.29 is 14.3 Å². The fraction of sp³-hybridized carbons (Fsp3) is 0.207. The van der Waals surface area contributed by atoms with Crippen molar-refractivity contribution >= 4 is 28.3 Å². The van der Waals surface area contributed by atoms with Crippen LogP contribution in [0, 0.1) is 0 Å². The molecule has 1 aliphatic heterocycles. The number of carbonyl (C=O) groups is 2. The third-order valence-corrected chi connectivity index (χ3v) is 7.12. The van der Waals surface area contributed by atoms with Gasteiger partial charge in [0.1, 0.15) is 6.10 Å². The van der Waals surface area contributed by atoms with E-state index in [0.717, 1.165) is 22.4 Å². The number of benzene rings is 3. The minimum atomic E-state index is -0.363. The zero-order valence-electron chi connectivity index (χ0n) is 19.7. The SMILES string of the molecule is CC(C)c1ccc(Cc2cnc(NC(=O)c3ccc4c(c3)C[C@H](c3ccccc3)OC4=O)s2)cc1. The summed E-state index contributed by atoms with van der Waals surface area (Å²) >= 11 is 1.47. The van der Waals surface area contributed by atoms with Crippen LogP contribution in [0.4, 0.5) is 5.13 Å². The van der Waals surface area contributed by atoms with E-state index >= 15 is 0 Å². The molecule has 0 spiro atoms. The van der Waals surface area contributed by atoms with Crippen molar-refractivity contribution in [3.8, 4) is 0 Å². The second-order valence-corrected chi connectivity index (χ2v) is 10.2. The lowest BCUT2D eigenvalue weighted by molar-refractivity contribution is 0.0252. The van der Waals surface area contributed by atoms with E-state index in [0.29, 0.717) is 28.6 Å². The fourth-order valence-electron chi connectivity index (χ4n) is 4.23. The van der Waals surface area contributed by atoms with Crippen molar-refractivity contribution in [1.29, 1.82) is 0 Å². The molecule has 0 aliphatic carbocycles. The number of anilines is 1. The van der Waals surface area contributed by atoms with Crippen LogP contribution in [0.15, 0.2) is 79.0 Å². The molecule has 1 amide bonds. The summed E-state index contributed by atoms with van der Waals surface area (Å²) in [5.74, 6) is -0.101. The Hall–Kier alpha value is -3.77. The van der Waals surface area contributed by atoms with Gasteiger partial charge in [-0.1, -0.05) is 68.4 Å². The van der Waals surface area contributed by atoms with E-state index in [9.17, 15) is 9.59 Å². The highest BCUT2D eigenvalue weighted by molar-refractivity contribution is 7.15. The normalized spacial score (nSPS) is 14.9. The zero-order chi connectivity index (χ0) is 24.4. The fourth-order valence-corrected chi connectivity index (χ4v) is 5.07. The first-order valence-electron chi connectivity index (χ1n) is 11.7. The van der Waals surface area contributed by atoms with Gasteiger partial charge < -0.3 is 4.74 Å². The van der Waals surface area contributed by atoms with E-state index in [1.165, 1.54) is 22.5 Å². The molecule has 2 heterocycles. The van der Waals surface area contributed by atoms with Crippen LogP contribution >= 0.6 is 11.3 Å². The molecular weight excluding hydrogens is 456 g/mol. The summed E-state index contributed by atoms with van der Waals surface area (Å²) in [5.41, 5.74) is 5.29. The number of fused-ring (bicyclic) bond motifs is 1. The minimum Gasteiger partial charge on any atom is -0.454 e. The van der Waals surface area contributed by atoms with E-state index in [2.05, 4.69) is 48.4 Å². The standard InChI is InChI=1S/C29H26N2O3S/c1-18(2)20-10-8-19(9-11-20)14-24-17-30-29(35-24)31-27(32)22-12-13-25-23(15-22)16-26(34-28(25)33)21-6-4-3-5-7-21/h3-13,15,17-18,26H,14,16H2,1-2H3,(H,30,31,32)/t26-/m1/s1. The van der Waals surface area contributed by atoms with Crippen LogP contribution in [0.5, 0.6) is 0 Å². The number of cyclic esters (lactones) is 1. The van der Waals surface area contributed by atoms with E-state index in [-0.39, 0.29) is 18.0 Å². The summed E-state index contributed by atoms with van der Waals surface area (Å²) in [6.45, 7) is 4.37. The van der Waals surface area contributed by atoms with Crippen LogP contribution in [0.2, 0.25) is 0 Å². The molecule has 3 aromatic carbocycles. The minimum absolute atomic E-state index is 0.245. The van der Waals surface area contributed by atoms with Gasteiger partial charge in [0.2, 0.25) is 0 Å². The number of carbonyl (C=O) groups excluding carboxylic acids is 2. The maximum Gasteiger partial charge on any atom is 0.339 e. The molecule has 4 aromatic rings. The number of nitrogens with zero attached hydrogens (tertiary/aromatic N) is 1. The Morgan fingerprint density at radius 1 is 1.09 bits per heavy atom. The number of hydrogen-bond donors (Lipinski definition) is 1. The van der Waals surface area contributed by atoms with Crippen molar-refractivity contribution in [1.82, 2.24) is 4.98 Å². The Kier molecular flexibility index (Phi) is 6.47. The summed E-state index contributed by atoms with van der Waals surface area (Å²) in [5, 5.41) is 3.46. The van der Waals surface area contributed by atoms with E-state index < -0.39 is 0 Å². The molecule has 0 fully saturated rings. The smallest absolute Gasteiger partial charge is 0.339 e. The molecule has 35 heavy (non-hydrogen) atoms. The van der Waals surface area contributed by atoms with Crippen LogP contribution in [0.1, 0.15) is 73.7 Å². The molecule has 0 unspecified atom stereocenters. The zero-order valence-corrected chi connectivity index (χ0v) is 20.5. The summed E-state index contributed by atoms with van der Waals surface area (Å²) in [4.78, 5) is 30.9. The highest BCUT2D eigenvalue weighted by Gasteiger charge is 2.28. The van der Waals surface area contributed by atoms with Gasteiger partial charge in [-0.15, -0.1) is 11.3 Å². The van der Waals surface area contributed by atoms with Gasteiger partial charge in [0.15, 0.2) is 5.13 Å². The van der Waals surface area contributed by atoms with Crippen LogP contribution in [0.3, 0.4) is 0 Å². The predicted octanol–water partition coefficient (Wildman–Crippen LogP) is 6.56. The average molecular weight is 483 g/mol. The van der Waals surface area contributed by atoms with Gasteiger partial charge in [0.25, 0.3) is 5.91 Å². The van der Waals surface area contributed by atoms with Crippen molar-refractivity contribution in [3.05, 3.63) is 117 Å². The van der Waals surface area contributed by atoms with E-state index in [1.54, 1.807) is 18.2 Å². The number of hydrogen-bond acceptors (Lipinski definition) is 5. The molecule has 0 radical (unpaired) electrons. The lowest BCUT2D eigenvalue weighted by Crippen LogP contribution is -2.23. The third kappa shape index (κ3) is 5.17. The first kappa shape index (κ1) is 23.0. The molecule has 0 bridgehead atoms. The van der Waals surface area contributed by atoms with Crippen LogP contribution in [-0.2, 0) is 17.6 Å². The number of amides is 1. The van der Waals surface area contributed by atoms with Gasteiger partial charge >= 0.3 is 5.97 Å². The molecular formula is C29H26N2O3S. The van der Waals surface area contributed by atoms with Crippen molar-refractivity contribution in [2.45, 2.75) is 38.7 Å². The van der Waals surface area contributed by atoms with Gasteiger partial charge in [-0.25, -0.2) is 9.78 Å². The number of nitrogens with one attached hydrogen (secondary N) is 1. The largest absolute Gasteiger partial charge is 0.454 e. The van der Waals surface area contributed by atoms with Gasteiger partial charge in [0.05, 0.1) is 5.56 Å². The molecule has 6 heteroatoms. The number of thiazole rings is 1. The summed E-state index contributed by atoms with van der Waals surface area (Å²) < 4.78 is 5.62. The Labute approximate surface area is 208 Å². The first-order chi connectivity index (χ1) is 17.0. The predicted molar refractivity (Wildman–Crippen MR) is 138 cm³/mol. The van der Waals surface area contributed by atoms with E-state index in [4.69, 9.17) is 4.74 Å².